The van der Waals surface area contributed by atoms with Crippen LogP contribution in [-0.2, 0) is 10.3 Å². The standard InChI is InChI=1S/C10H17N3O2/c1-7(6-11)8-12-9(13-15-8)10(14-2)4-3-5-10/h7H,3-6,11H2,1-2H3. The van der Waals surface area contributed by atoms with E-state index in [0.29, 0.717) is 18.3 Å². The Morgan fingerprint density at radius 1 is 1.60 bits per heavy atom. The summed E-state index contributed by atoms with van der Waals surface area (Å²) in [4.78, 5) is 4.36. The molecule has 2 rings (SSSR count). The van der Waals surface area contributed by atoms with E-state index in [0.717, 1.165) is 19.3 Å². The van der Waals surface area contributed by atoms with Crippen LogP contribution in [0.1, 0.15) is 43.8 Å². The summed E-state index contributed by atoms with van der Waals surface area (Å²) in [6, 6.07) is 0. The summed E-state index contributed by atoms with van der Waals surface area (Å²) in [7, 11) is 1.70. The molecule has 0 saturated heterocycles. The van der Waals surface area contributed by atoms with Crippen molar-refractivity contribution < 1.29 is 9.26 Å². The first kappa shape index (κ1) is 10.6. The molecule has 84 valence electrons. The smallest absolute Gasteiger partial charge is 0.230 e. The largest absolute Gasteiger partial charge is 0.370 e. The van der Waals surface area contributed by atoms with Crippen LogP contribution in [0.5, 0.6) is 0 Å². The molecule has 15 heavy (non-hydrogen) atoms. The monoisotopic (exact) mass is 211 g/mol. The Balaban J connectivity index is 2.19. The van der Waals surface area contributed by atoms with Crippen molar-refractivity contribution in [2.24, 2.45) is 5.73 Å². The van der Waals surface area contributed by atoms with E-state index in [1.165, 1.54) is 0 Å². The van der Waals surface area contributed by atoms with Crippen LogP contribution in [-0.4, -0.2) is 23.8 Å². The Morgan fingerprint density at radius 2 is 2.33 bits per heavy atom. The maximum Gasteiger partial charge on any atom is 0.230 e. The Morgan fingerprint density at radius 3 is 2.80 bits per heavy atom. The molecule has 1 heterocycles. The minimum absolute atomic E-state index is 0.111. The van der Waals surface area contributed by atoms with Gasteiger partial charge in [0.1, 0.15) is 5.60 Å². The molecule has 1 aromatic rings. The van der Waals surface area contributed by atoms with E-state index in [1.807, 2.05) is 6.92 Å². The SMILES string of the molecule is COC1(c2noc(C(C)CN)n2)CCC1. The molecular weight excluding hydrogens is 194 g/mol. The molecule has 1 aliphatic rings. The molecule has 1 atom stereocenters. The molecular formula is C10H17N3O2. The van der Waals surface area contributed by atoms with E-state index >= 15 is 0 Å². The Hall–Kier alpha value is -0.940. The van der Waals surface area contributed by atoms with Crippen LogP contribution >= 0.6 is 0 Å². The average molecular weight is 211 g/mol. The number of hydrogen-bond acceptors (Lipinski definition) is 5. The zero-order chi connectivity index (χ0) is 10.9. The van der Waals surface area contributed by atoms with E-state index in [2.05, 4.69) is 10.1 Å². The number of rotatable bonds is 4. The third-order valence-corrected chi connectivity index (χ3v) is 3.18. The van der Waals surface area contributed by atoms with Gasteiger partial charge in [-0.15, -0.1) is 0 Å². The van der Waals surface area contributed by atoms with Gasteiger partial charge in [-0.05, 0) is 19.3 Å². The molecule has 5 nitrogen and oxygen atoms in total. The number of nitrogens with two attached hydrogens (primary N) is 1. The number of methoxy groups -OCH3 is 1. The van der Waals surface area contributed by atoms with E-state index in [4.69, 9.17) is 15.0 Å². The van der Waals surface area contributed by atoms with Crippen LogP contribution in [0.2, 0.25) is 0 Å². The Kier molecular flexibility index (Phi) is 2.75. The zero-order valence-electron chi connectivity index (χ0n) is 9.19. The highest BCUT2D eigenvalue weighted by atomic mass is 16.5. The number of aromatic nitrogens is 2. The topological polar surface area (TPSA) is 74.2 Å². The van der Waals surface area contributed by atoms with E-state index < -0.39 is 0 Å². The number of ether oxygens (including phenoxy) is 1. The summed E-state index contributed by atoms with van der Waals surface area (Å²) in [5.74, 6) is 1.39. The fourth-order valence-electron chi connectivity index (χ4n) is 1.74. The molecule has 1 aromatic heterocycles. The van der Waals surface area contributed by atoms with Crippen LogP contribution in [0, 0.1) is 0 Å². The molecule has 0 spiro atoms. The highest BCUT2D eigenvalue weighted by Crippen LogP contribution is 2.42. The van der Waals surface area contributed by atoms with Gasteiger partial charge in [0.15, 0.2) is 0 Å². The first-order valence-corrected chi connectivity index (χ1v) is 5.31. The third kappa shape index (κ3) is 1.66. The van der Waals surface area contributed by atoms with Crippen LogP contribution in [0.4, 0.5) is 0 Å². The molecule has 0 amide bonds. The quantitative estimate of drug-likeness (QED) is 0.808. The minimum Gasteiger partial charge on any atom is -0.370 e. The molecule has 0 bridgehead atoms. The van der Waals surface area contributed by atoms with E-state index in [9.17, 15) is 0 Å². The lowest BCUT2D eigenvalue weighted by Gasteiger charge is -2.37. The molecule has 5 heteroatoms. The van der Waals surface area contributed by atoms with Crippen molar-refractivity contribution in [3.8, 4) is 0 Å². The first-order valence-electron chi connectivity index (χ1n) is 5.31. The van der Waals surface area contributed by atoms with Gasteiger partial charge in [0.05, 0.1) is 0 Å². The highest BCUT2D eigenvalue weighted by Gasteiger charge is 2.43. The molecule has 1 unspecified atom stereocenters. The van der Waals surface area contributed by atoms with Crippen molar-refractivity contribution in [2.45, 2.75) is 37.7 Å². The Labute approximate surface area is 89.0 Å². The molecule has 0 aromatic carbocycles. The summed E-state index contributed by atoms with van der Waals surface area (Å²) in [5.41, 5.74) is 5.25. The lowest BCUT2D eigenvalue weighted by molar-refractivity contribution is -0.0858. The summed E-state index contributed by atoms with van der Waals surface area (Å²) in [6.07, 6.45) is 3.10. The summed E-state index contributed by atoms with van der Waals surface area (Å²) in [5, 5.41) is 3.98. The van der Waals surface area contributed by atoms with Gasteiger partial charge in [-0.25, -0.2) is 0 Å². The van der Waals surface area contributed by atoms with Crippen molar-refractivity contribution in [1.82, 2.24) is 10.1 Å². The second kappa shape index (κ2) is 3.90. The fourth-order valence-corrected chi connectivity index (χ4v) is 1.74. The second-order valence-corrected chi connectivity index (χ2v) is 4.14. The Bertz CT molecular complexity index is 328. The van der Waals surface area contributed by atoms with Crippen LogP contribution in [0.25, 0.3) is 0 Å². The van der Waals surface area contributed by atoms with Crippen LogP contribution in [0.3, 0.4) is 0 Å². The van der Waals surface area contributed by atoms with E-state index in [1.54, 1.807) is 7.11 Å². The second-order valence-electron chi connectivity index (χ2n) is 4.14. The van der Waals surface area contributed by atoms with Gasteiger partial charge >= 0.3 is 0 Å². The van der Waals surface area contributed by atoms with E-state index in [-0.39, 0.29) is 11.5 Å². The molecule has 1 fully saturated rings. The minimum atomic E-state index is -0.296. The summed E-state index contributed by atoms with van der Waals surface area (Å²) < 4.78 is 10.7. The highest BCUT2D eigenvalue weighted by molar-refractivity contribution is 5.07. The van der Waals surface area contributed by atoms with Crippen LogP contribution < -0.4 is 5.73 Å². The van der Waals surface area contributed by atoms with Crippen molar-refractivity contribution in [3.63, 3.8) is 0 Å². The number of nitrogens with zero attached hydrogens (tertiary/aromatic N) is 2. The van der Waals surface area contributed by atoms with Crippen molar-refractivity contribution in [3.05, 3.63) is 11.7 Å². The molecule has 2 N–H and O–H groups in total. The van der Waals surface area contributed by atoms with Gasteiger partial charge in [-0.1, -0.05) is 12.1 Å². The number of hydrogen-bond donors (Lipinski definition) is 1. The van der Waals surface area contributed by atoms with Gasteiger partial charge in [0, 0.05) is 19.6 Å². The first-order chi connectivity index (χ1) is 7.22. The molecule has 0 aliphatic heterocycles. The van der Waals surface area contributed by atoms with Crippen molar-refractivity contribution in [1.29, 1.82) is 0 Å². The lowest BCUT2D eigenvalue weighted by Crippen LogP contribution is -2.37. The fraction of sp³-hybridized carbons (Fsp3) is 0.800. The average Bonchev–Trinajstić information content (AvgIpc) is 2.65. The van der Waals surface area contributed by atoms with Crippen molar-refractivity contribution >= 4 is 0 Å². The van der Waals surface area contributed by atoms with Gasteiger partial charge in [-0.2, -0.15) is 4.98 Å². The van der Waals surface area contributed by atoms with Gasteiger partial charge < -0.3 is 15.0 Å². The van der Waals surface area contributed by atoms with Crippen molar-refractivity contribution in [2.75, 3.05) is 13.7 Å². The maximum atomic E-state index is 5.54. The third-order valence-electron chi connectivity index (χ3n) is 3.18. The normalized spacial score (nSPS) is 21.0. The van der Waals surface area contributed by atoms with Crippen LogP contribution in [0.15, 0.2) is 4.52 Å². The zero-order valence-corrected chi connectivity index (χ0v) is 9.19. The van der Waals surface area contributed by atoms with Gasteiger partial charge in [0.2, 0.25) is 11.7 Å². The predicted molar refractivity (Wildman–Crippen MR) is 54.3 cm³/mol. The maximum absolute atomic E-state index is 5.54. The summed E-state index contributed by atoms with van der Waals surface area (Å²) in [6.45, 7) is 2.49. The molecule has 1 aliphatic carbocycles. The summed E-state index contributed by atoms with van der Waals surface area (Å²) >= 11 is 0. The molecule has 1 saturated carbocycles. The molecule has 0 radical (unpaired) electrons. The van der Waals surface area contributed by atoms with Gasteiger partial charge in [-0.3, -0.25) is 0 Å². The predicted octanol–water partition coefficient (Wildman–Crippen LogP) is 1.16. The lowest BCUT2D eigenvalue weighted by atomic mass is 9.79. The van der Waals surface area contributed by atoms with Gasteiger partial charge in [0.25, 0.3) is 0 Å².